The summed E-state index contributed by atoms with van der Waals surface area (Å²) in [6.07, 6.45) is 0.518. The van der Waals surface area contributed by atoms with Crippen molar-refractivity contribution in [2.75, 3.05) is 63.0 Å². The highest BCUT2D eigenvalue weighted by Crippen LogP contribution is 2.23. The van der Waals surface area contributed by atoms with Gasteiger partial charge in [-0.2, -0.15) is 0 Å². The molecule has 2 heterocycles. The Kier molecular flexibility index (Phi) is 8.37. The highest BCUT2D eigenvalue weighted by Gasteiger charge is 2.31. The van der Waals surface area contributed by atoms with Gasteiger partial charge in [0.25, 0.3) is 0 Å². The van der Waals surface area contributed by atoms with E-state index in [0.29, 0.717) is 37.6 Å². The van der Waals surface area contributed by atoms with E-state index in [2.05, 4.69) is 47.2 Å². The normalized spacial score (nSPS) is 19.7. The van der Waals surface area contributed by atoms with Crippen LogP contribution in [-0.4, -0.2) is 88.3 Å². The Morgan fingerprint density at radius 2 is 1.83 bits per heavy atom. The van der Waals surface area contributed by atoms with Crippen molar-refractivity contribution in [2.45, 2.75) is 31.2 Å². The molecule has 1 atom stereocenters. The molecule has 2 saturated heterocycles. The Morgan fingerprint density at radius 1 is 1.06 bits per heavy atom. The number of piperazine rings is 2. The average Bonchev–Trinajstić information content (AvgIpc) is 2.85. The second-order valence-corrected chi connectivity index (χ2v) is 12.1. The number of hydrogen-bond acceptors (Lipinski definition) is 6. The van der Waals surface area contributed by atoms with E-state index < -0.39 is 9.84 Å². The molecule has 2 aromatic rings. The second kappa shape index (κ2) is 11.3. The van der Waals surface area contributed by atoms with Crippen molar-refractivity contribution >= 4 is 33.0 Å². The standard InChI is InChI=1S/C26H35ClN4O3S/c1-20-7-8-21(2)25(17-20)30-12-14-31(15-13-30)26(32)24-19-29(11-9-28-24)10-4-16-35(33,34)23-6-3-5-22(27)18-23/h3,5-8,17-18,24,28H,4,9-16,19H2,1-2H3. The minimum absolute atomic E-state index is 0.0657. The Balaban J connectivity index is 1.26. The number of sulfone groups is 1. The lowest BCUT2D eigenvalue weighted by Crippen LogP contribution is -2.60. The van der Waals surface area contributed by atoms with E-state index in [4.69, 9.17) is 11.6 Å². The molecule has 1 amide bonds. The number of hydrogen-bond donors (Lipinski definition) is 1. The maximum Gasteiger partial charge on any atom is 0.241 e. The van der Waals surface area contributed by atoms with Crippen molar-refractivity contribution in [3.05, 3.63) is 58.6 Å². The van der Waals surface area contributed by atoms with Crippen LogP contribution in [0.5, 0.6) is 0 Å². The van der Waals surface area contributed by atoms with Gasteiger partial charge in [0.05, 0.1) is 16.7 Å². The van der Waals surface area contributed by atoms with Crippen LogP contribution < -0.4 is 10.2 Å². The second-order valence-electron chi connectivity index (χ2n) is 9.54. The zero-order chi connectivity index (χ0) is 25.0. The molecule has 9 heteroatoms. The van der Waals surface area contributed by atoms with Gasteiger partial charge in [-0.3, -0.25) is 9.69 Å². The van der Waals surface area contributed by atoms with E-state index in [9.17, 15) is 13.2 Å². The van der Waals surface area contributed by atoms with Gasteiger partial charge >= 0.3 is 0 Å². The fourth-order valence-electron chi connectivity index (χ4n) is 4.88. The van der Waals surface area contributed by atoms with E-state index in [1.807, 2.05) is 4.90 Å². The summed E-state index contributed by atoms with van der Waals surface area (Å²) in [5.74, 6) is 0.206. The van der Waals surface area contributed by atoms with Crippen LogP contribution in [0.2, 0.25) is 5.02 Å². The molecule has 4 rings (SSSR count). The number of halogens is 1. The van der Waals surface area contributed by atoms with Gasteiger partial charge in [0.15, 0.2) is 9.84 Å². The molecule has 2 aromatic carbocycles. The number of nitrogens with zero attached hydrogens (tertiary/aromatic N) is 3. The highest BCUT2D eigenvalue weighted by atomic mass is 35.5. The van der Waals surface area contributed by atoms with Crippen molar-refractivity contribution < 1.29 is 13.2 Å². The largest absolute Gasteiger partial charge is 0.368 e. The Bertz CT molecular complexity index is 1150. The molecule has 0 saturated carbocycles. The third-order valence-electron chi connectivity index (χ3n) is 6.90. The molecule has 190 valence electrons. The Hall–Kier alpha value is -2.13. The molecule has 0 aliphatic carbocycles. The quantitative estimate of drug-likeness (QED) is 0.607. The van der Waals surface area contributed by atoms with Crippen molar-refractivity contribution in [3.8, 4) is 0 Å². The van der Waals surface area contributed by atoms with Crippen molar-refractivity contribution in [1.82, 2.24) is 15.1 Å². The minimum Gasteiger partial charge on any atom is -0.368 e. The highest BCUT2D eigenvalue weighted by molar-refractivity contribution is 7.91. The summed E-state index contributed by atoms with van der Waals surface area (Å²) >= 11 is 5.95. The number of nitrogens with one attached hydrogen (secondary N) is 1. The van der Waals surface area contributed by atoms with Gasteiger partial charge in [-0.1, -0.05) is 29.8 Å². The van der Waals surface area contributed by atoms with Crippen LogP contribution >= 0.6 is 11.6 Å². The molecule has 0 radical (unpaired) electrons. The number of benzene rings is 2. The smallest absolute Gasteiger partial charge is 0.241 e. The molecule has 2 aliphatic rings. The third-order valence-corrected chi connectivity index (χ3v) is 8.93. The van der Waals surface area contributed by atoms with Crippen molar-refractivity contribution in [3.63, 3.8) is 0 Å². The predicted molar refractivity (Wildman–Crippen MR) is 141 cm³/mol. The van der Waals surface area contributed by atoms with Gasteiger partial charge in [0, 0.05) is 56.5 Å². The van der Waals surface area contributed by atoms with Crippen molar-refractivity contribution in [2.24, 2.45) is 0 Å². The molecule has 7 nitrogen and oxygen atoms in total. The van der Waals surface area contributed by atoms with Crippen LogP contribution in [0, 0.1) is 13.8 Å². The monoisotopic (exact) mass is 518 g/mol. The number of aryl methyl sites for hydroxylation is 2. The summed E-state index contributed by atoms with van der Waals surface area (Å²) in [6, 6.07) is 12.7. The van der Waals surface area contributed by atoms with E-state index in [1.165, 1.54) is 22.9 Å². The zero-order valence-corrected chi connectivity index (χ0v) is 22.1. The van der Waals surface area contributed by atoms with Crippen LogP contribution in [0.15, 0.2) is 47.4 Å². The first-order valence-corrected chi connectivity index (χ1v) is 14.3. The lowest BCUT2D eigenvalue weighted by molar-refractivity contribution is -0.134. The van der Waals surface area contributed by atoms with Crippen molar-refractivity contribution in [1.29, 1.82) is 0 Å². The summed E-state index contributed by atoms with van der Waals surface area (Å²) in [5.41, 5.74) is 3.76. The van der Waals surface area contributed by atoms with Crippen LogP contribution in [0.3, 0.4) is 0 Å². The van der Waals surface area contributed by atoms with Gasteiger partial charge in [0.2, 0.25) is 5.91 Å². The predicted octanol–water partition coefficient (Wildman–Crippen LogP) is 2.74. The lowest BCUT2D eigenvalue weighted by Gasteiger charge is -2.40. The van der Waals surface area contributed by atoms with Gasteiger partial charge in [0.1, 0.15) is 0 Å². The lowest BCUT2D eigenvalue weighted by atomic mass is 10.1. The van der Waals surface area contributed by atoms with Crippen LogP contribution in [0.4, 0.5) is 5.69 Å². The summed E-state index contributed by atoms with van der Waals surface area (Å²) in [6.45, 7) is 10.1. The SMILES string of the molecule is Cc1ccc(C)c(N2CCN(C(=O)C3CN(CCCS(=O)(=O)c4cccc(Cl)c4)CCN3)CC2)c1. The molecule has 35 heavy (non-hydrogen) atoms. The summed E-state index contributed by atoms with van der Waals surface area (Å²) in [4.78, 5) is 20.0. The summed E-state index contributed by atoms with van der Waals surface area (Å²) in [5, 5.41) is 3.79. The first-order chi connectivity index (χ1) is 16.7. The zero-order valence-electron chi connectivity index (χ0n) is 20.5. The summed E-state index contributed by atoms with van der Waals surface area (Å²) in [7, 11) is -3.37. The maximum atomic E-state index is 13.2. The van der Waals surface area contributed by atoms with E-state index in [-0.39, 0.29) is 22.6 Å². The average molecular weight is 519 g/mol. The molecular formula is C26H35ClN4O3S. The Labute approximate surface area is 214 Å². The molecular weight excluding hydrogens is 484 g/mol. The topological polar surface area (TPSA) is 73.0 Å². The first kappa shape index (κ1) is 25.9. The molecule has 1 unspecified atom stereocenters. The Morgan fingerprint density at radius 3 is 2.57 bits per heavy atom. The van der Waals surface area contributed by atoms with E-state index in [1.54, 1.807) is 18.2 Å². The number of rotatable bonds is 7. The maximum absolute atomic E-state index is 13.2. The molecule has 2 fully saturated rings. The van der Waals surface area contributed by atoms with E-state index >= 15 is 0 Å². The van der Waals surface area contributed by atoms with Gasteiger partial charge < -0.3 is 15.1 Å². The van der Waals surface area contributed by atoms with Crippen LogP contribution in [0.1, 0.15) is 17.5 Å². The number of carbonyl (C=O) groups is 1. The fourth-order valence-corrected chi connectivity index (χ4v) is 6.48. The van der Waals surface area contributed by atoms with Gasteiger partial charge in [-0.05, 0) is 62.2 Å². The van der Waals surface area contributed by atoms with E-state index in [0.717, 1.165) is 26.2 Å². The number of carbonyl (C=O) groups excluding carboxylic acids is 1. The molecule has 0 bridgehead atoms. The molecule has 2 aliphatic heterocycles. The first-order valence-electron chi connectivity index (χ1n) is 12.3. The molecule has 0 aromatic heterocycles. The number of anilines is 1. The number of amides is 1. The summed E-state index contributed by atoms with van der Waals surface area (Å²) < 4.78 is 25.2. The van der Waals surface area contributed by atoms with Crippen LogP contribution in [0.25, 0.3) is 0 Å². The minimum atomic E-state index is -3.37. The van der Waals surface area contributed by atoms with Crippen LogP contribution in [-0.2, 0) is 14.6 Å². The van der Waals surface area contributed by atoms with Gasteiger partial charge in [-0.15, -0.1) is 0 Å². The molecule has 0 spiro atoms. The fraction of sp³-hybridized carbons (Fsp3) is 0.500. The van der Waals surface area contributed by atoms with Gasteiger partial charge in [-0.25, -0.2) is 8.42 Å². The molecule has 1 N–H and O–H groups in total. The third kappa shape index (κ3) is 6.55.